The van der Waals surface area contributed by atoms with Crippen LogP contribution in [0.3, 0.4) is 0 Å². The van der Waals surface area contributed by atoms with E-state index < -0.39 is 6.04 Å². The normalized spacial score (nSPS) is 22.2. The lowest BCUT2D eigenvalue weighted by Gasteiger charge is -2.45. The van der Waals surface area contributed by atoms with Crippen LogP contribution in [0.5, 0.6) is 11.5 Å². The summed E-state index contributed by atoms with van der Waals surface area (Å²) in [7, 11) is 0. The average molecular weight is 351 g/mol. The fourth-order valence-corrected chi connectivity index (χ4v) is 3.43. The predicted molar refractivity (Wildman–Crippen MR) is 87.2 cm³/mol. The van der Waals surface area contributed by atoms with Crippen LogP contribution in [0, 0.1) is 0 Å². The van der Waals surface area contributed by atoms with E-state index in [4.69, 9.17) is 38.4 Å². The fourth-order valence-electron chi connectivity index (χ4n) is 2.91. The number of halogens is 2. The van der Waals surface area contributed by atoms with Crippen molar-refractivity contribution in [2.24, 2.45) is 5.73 Å². The number of hydrogen-bond donors (Lipinski definition) is 1. The SMILES string of the molecule is N[C@@H]1C(=O)N(c2ccc3c(c2)OCO3)[C@@H]1c1ccc(Cl)cc1Cl. The molecule has 0 aliphatic carbocycles. The molecule has 2 aromatic carbocycles. The Morgan fingerprint density at radius 1 is 1.09 bits per heavy atom. The molecule has 2 atom stereocenters. The maximum atomic E-state index is 12.3. The van der Waals surface area contributed by atoms with Crippen molar-refractivity contribution in [2.45, 2.75) is 12.1 Å². The second kappa shape index (κ2) is 5.30. The third kappa shape index (κ3) is 2.24. The minimum absolute atomic E-state index is 0.167. The highest BCUT2D eigenvalue weighted by atomic mass is 35.5. The lowest BCUT2D eigenvalue weighted by molar-refractivity contribution is -0.126. The van der Waals surface area contributed by atoms with Gasteiger partial charge in [0.2, 0.25) is 12.7 Å². The number of ether oxygens (including phenoxy) is 2. The average Bonchev–Trinajstić information content (AvgIpc) is 3.00. The molecule has 1 fully saturated rings. The molecule has 2 N–H and O–H groups in total. The Kier molecular flexibility index (Phi) is 3.37. The van der Waals surface area contributed by atoms with Crippen molar-refractivity contribution in [2.75, 3.05) is 11.7 Å². The van der Waals surface area contributed by atoms with Gasteiger partial charge in [0.25, 0.3) is 0 Å². The van der Waals surface area contributed by atoms with Gasteiger partial charge in [0.1, 0.15) is 6.04 Å². The van der Waals surface area contributed by atoms with Gasteiger partial charge in [0, 0.05) is 21.8 Å². The third-order valence-corrected chi connectivity index (χ3v) is 4.62. The predicted octanol–water partition coefficient (Wildman–Crippen LogP) is 3.14. The summed E-state index contributed by atoms with van der Waals surface area (Å²) in [6, 6.07) is 9.53. The summed E-state index contributed by atoms with van der Waals surface area (Å²) >= 11 is 12.2. The summed E-state index contributed by atoms with van der Waals surface area (Å²) in [5.74, 6) is 1.10. The van der Waals surface area contributed by atoms with Crippen molar-refractivity contribution in [3.63, 3.8) is 0 Å². The number of β-lactam (4-membered cyclic amide) rings is 1. The van der Waals surface area contributed by atoms with Gasteiger partial charge >= 0.3 is 0 Å². The van der Waals surface area contributed by atoms with Crippen LogP contribution in [0.1, 0.15) is 11.6 Å². The van der Waals surface area contributed by atoms with Crippen LogP contribution < -0.4 is 20.1 Å². The van der Waals surface area contributed by atoms with E-state index in [1.165, 1.54) is 0 Å². The molecular weight excluding hydrogens is 339 g/mol. The molecule has 118 valence electrons. The van der Waals surface area contributed by atoms with Gasteiger partial charge in [0.15, 0.2) is 11.5 Å². The second-order valence-corrected chi connectivity index (χ2v) is 6.23. The number of carbonyl (C=O) groups is 1. The number of nitrogens with two attached hydrogens (primary N) is 1. The van der Waals surface area contributed by atoms with Crippen molar-refractivity contribution in [1.82, 2.24) is 0 Å². The zero-order chi connectivity index (χ0) is 16.1. The van der Waals surface area contributed by atoms with Crippen LogP contribution in [-0.2, 0) is 4.79 Å². The van der Waals surface area contributed by atoms with Crippen LogP contribution in [0.15, 0.2) is 36.4 Å². The lowest BCUT2D eigenvalue weighted by Crippen LogP contribution is -2.63. The van der Waals surface area contributed by atoms with Gasteiger partial charge in [-0.15, -0.1) is 0 Å². The lowest BCUT2D eigenvalue weighted by atomic mass is 9.88. The standard InChI is InChI=1S/C16H12Cl2N2O3/c17-8-1-3-10(11(18)5-8)15-14(19)16(21)20(15)9-2-4-12-13(6-9)23-7-22-12/h1-6,14-15H,7,19H2/t14-,15+/m0/s1. The largest absolute Gasteiger partial charge is 0.454 e. The molecule has 2 heterocycles. The summed E-state index contributed by atoms with van der Waals surface area (Å²) in [6.07, 6.45) is 0. The number of nitrogens with zero attached hydrogens (tertiary/aromatic N) is 1. The molecule has 23 heavy (non-hydrogen) atoms. The van der Waals surface area contributed by atoms with E-state index in [-0.39, 0.29) is 18.7 Å². The number of rotatable bonds is 2. The zero-order valence-corrected chi connectivity index (χ0v) is 13.3. The van der Waals surface area contributed by atoms with Crippen molar-refractivity contribution in [3.05, 3.63) is 52.0 Å². The summed E-state index contributed by atoms with van der Waals surface area (Å²) in [5, 5.41) is 1.02. The molecule has 1 saturated heterocycles. The van der Waals surface area contributed by atoms with Gasteiger partial charge in [-0.05, 0) is 29.8 Å². The van der Waals surface area contributed by atoms with Crippen molar-refractivity contribution >= 4 is 34.8 Å². The molecule has 2 aliphatic heterocycles. The Bertz CT molecular complexity index is 812. The maximum Gasteiger partial charge on any atom is 0.247 e. The van der Waals surface area contributed by atoms with Gasteiger partial charge in [-0.25, -0.2) is 0 Å². The van der Waals surface area contributed by atoms with E-state index in [2.05, 4.69) is 0 Å². The number of amides is 1. The maximum absolute atomic E-state index is 12.3. The first-order valence-electron chi connectivity index (χ1n) is 6.99. The van der Waals surface area contributed by atoms with Crippen LogP contribution in [0.4, 0.5) is 5.69 Å². The van der Waals surface area contributed by atoms with Crippen LogP contribution in [0.25, 0.3) is 0 Å². The number of fused-ring (bicyclic) bond motifs is 1. The van der Waals surface area contributed by atoms with E-state index in [1.807, 2.05) is 0 Å². The minimum Gasteiger partial charge on any atom is -0.454 e. The molecular formula is C16H12Cl2N2O3. The van der Waals surface area contributed by atoms with E-state index >= 15 is 0 Å². The minimum atomic E-state index is -0.640. The second-order valence-electron chi connectivity index (χ2n) is 5.38. The summed E-state index contributed by atoms with van der Waals surface area (Å²) in [5.41, 5.74) is 7.46. The van der Waals surface area contributed by atoms with Gasteiger partial charge in [-0.1, -0.05) is 29.3 Å². The Morgan fingerprint density at radius 2 is 1.87 bits per heavy atom. The molecule has 2 aromatic rings. The van der Waals surface area contributed by atoms with Crippen LogP contribution in [0.2, 0.25) is 10.0 Å². The zero-order valence-electron chi connectivity index (χ0n) is 11.8. The first kappa shape index (κ1) is 14.6. The molecule has 2 aliphatic rings. The molecule has 0 bridgehead atoms. The summed E-state index contributed by atoms with van der Waals surface area (Å²) in [4.78, 5) is 13.9. The summed E-state index contributed by atoms with van der Waals surface area (Å²) < 4.78 is 10.7. The number of hydrogen-bond acceptors (Lipinski definition) is 4. The molecule has 0 unspecified atom stereocenters. The topological polar surface area (TPSA) is 64.8 Å². The molecule has 0 radical (unpaired) electrons. The van der Waals surface area contributed by atoms with Crippen LogP contribution >= 0.6 is 23.2 Å². The van der Waals surface area contributed by atoms with E-state index in [0.29, 0.717) is 27.2 Å². The highest BCUT2D eigenvalue weighted by Crippen LogP contribution is 2.44. The molecule has 0 saturated carbocycles. The highest BCUT2D eigenvalue weighted by molar-refractivity contribution is 6.35. The number of carbonyl (C=O) groups excluding carboxylic acids is 1. The smallest absolute Gasteiger partial charge is 0.247 e. The van der Waals surface area contributed by atoms with Gasteiger partial charge < -0.3 is 20.1 Å². The third-order valence-electron chi connectivity index (χ3n) is 4.06. The first-order valence-corrected chi connectivity index (χ1v) is 7.75. The molecule has 0 spiro atoms. The summed E-state index contributed by atoms with van der Waals surface area (Å²) in [6.45, 7) is 0.179. The van der Waals surface area contributed by atoms with E-state index in [9.17, 15) is 4.79 Å². The first-order chi connectivity index (χ1) is 11.1. The monoisotopic (exact) mass is 350 g/mol. The Labute approximate surface area is 142 Å². The highest BCUT2D eigenvalue weighted by Gasteiger charge is 2.47. The van der Waals surface area contributed by atoms with E-state index in [1.54, 1.807) is 41.3 Å². The number of anilines is 1. The van der Waals surface area contributed by atoms with Crippen molar-refractivity contribution < 1.29 is 14.3 Å². The fraction of sp³-hybridized carbons (Fsp3) is 0.188. The van der Waals surface area contributed by atoms with Crippen LogP contribution in [-0.4, -0.2) is 18.7 Å². The molecule has 5 nitrogen and oxygen atoms in total. The molecule has 7 heteroatoms. The molecule has 1 amide bonds. The quantitative estimate of drug-likeness (QED) is 0.845. The van der Waals surface area contributed by atoms with Gasteiger partial charge in [0.05, 0.1) is 6.04 Å². The van der Waals surface area contributed by atoms with Gasteiger partial charge in [-0.2, -0.15) is 0 Å². The Balaban J connectivity index is 1.73. The molecule has 0 aromatic heterocycles. The Hall–Kier alpha value is -1.95. The molecule has 4 rings (SSSR count). The van der Waals surface area contributed by atoms with Crippen molar-refractivity contribution in [3.8, 4) is 11.5 Å². The van der Waals surface area contributed by atoms with Gasteiger partial charge in [-0.3, -0.25) is 4.79 Å². The number of benzene rings is 2. The van der Waals surface area contributed by atoms with Crippen molar-refractivity contribution in [1.29, 1.82) is 0 Å². The van der Waals surface area contributed by atoms with E-state index in [0.717, 1.165) is 5.56 Å². The Morgan fingerprint density at radius 3 is 2.65 bits per heavy atom.